The van der Waals surface area contributed by atoms with Crippen molar-refractivity contribution in [1.29, 1.82) is 0 Å². The molecular formula is C17H16N3O6-. The summed E-state index contributed by atoms with van der Waals surface area (Å²) in [7, 11) is 0. The highest BCUT2D eigenvalue weighted by Gasteiger charge is 2.46. The molecular weight excluding hydrogens is 342 g/mol. The zero-order chi connectivity index (χ0) is 18.8. The number of nitrogens with zero attached hydrogens (tertiary/aromatic N) is 2. The van der Waals surface area contributed by atoms with Crippen molar-refractivity contribution in [3.8, 4) is 0 Å². The van der Waals surface area contributed by atoms with Crippen LogP contribution >= 0.6 is 0 Å². The number of fused-ring (bicyclic) bond motifs is 1. The maximum absolute atomic E-state index is 12.4. The van der Waals surface area contributed by atoms with Crippen LogP contribution in [-0.4, -0.2) is 40.7 Å². The van der Waals surface area contributed by atoms with Gasteiger partial charge in [-0.05, 0) is 18.9 Å². The van der Waals surface area contributed by atoms with Crippen LogP contribution in [0.5, 0.6) is 0 Å². The highest BCUT2D eigenvalue weighted by molar-refractivity contribution is 6.05. The predicted octanol–water partition coefficient (Wildman–Crippen LogP) is 0.321. The van der Waals surface area contributed by atoms with Crippen LogP contribution in [0.4, 0.5) is 11.4 Å². The number of carbonyl (C=O) groups excluding carboxylic acids is 3. The van der Waals surface area contributed by atoms with Gasteiger partial charge in [0.1, 0.15) is 5.69 Å². The first-order valence-corrected chi connectivity index (χ1v) is 8.14. The molecule has 9 heteroatoms. The molecule has 0 aromatic heterocycles. The molecule has 1 fully saturated rings. The molecule has 1 aromatic rings. The number of amides is 2. The third-order valence-electron chi connectivity index (χ3n) is 4.68. The van der Waals surface area contributed by atoms with Gasteiger partial charge < -0.3 is 15.2 Å². The lowest BCUT2D eigenvalue weighted by molar-refractivity contribution is -0.384. The highest BCUT2D eigenvalue weighted by Crippen LogP contribution is 2.35. The SMILES string of the molecule is O=C([O-])c1ccc(NCCN2C(=O)[C@@H]3CC=CC[C@H]3C2=O)c([N+](=O)[O-])c1. The summed E-state index contributed by atoms with van der Waals surface area (Å²) in [6, 6.07) is 3.36. The number of carboxylic acids is 1. The number of hydrogen-bond acceptors (Lipinski definition) is 7. The molecule has 3 rings (SSSR count). The minimum absolute atomic E-state index is 0.0874. The third-order valence-corrected chi connectivity index (χ3v) is 4.68. The van der Waals surface area contributed by atoms with Crippen LogP contribution in [0.2, 0.25) is 0 Å². The smallest absolute Gasteiger partial charge is 0.292 e. The fraction of sp³-hybridized carbons (Fsp3) is 0.353. The lowest BCUT2D eigenvalue weighted by Gasteiger charge is -2.16. The van der Waals surface area contributed by atoms with Gasteiger partial charge in [-0.25, -0.2) is 0 Å². The first kappa shape index (κ1) is 17.6. The molecule has 2 atom stereocenters. The number of allylic oxidation sites excluding steroid dienone is 2. The number of imide groups is 1. The number of anilines is 1. The Balaban J connectivity index is 1.67. The molecule has 2 aliphatic rings. The van der Waals surface area contributed by atoms with E-state index < -0.39 is 16.6 Å². The van der Waals surface area contributed by atoms with Crippen molar-refractivity contribution >= 4 is 29.2 Å². The Labute approximate surface area is 148 Å². The molecule has 1 heterocycles. The summed E-state index contributed by atoms with van der Waals surface area (Å²) in [5, 5.41) is 24.7. The topological polar surface area (TPSA) is 133 Å². The fourth-order valence-electron chi connectivity index (χ4n) is 3.35. The van der Waals surface area contributed by atoms with E-state index in [0.717, 1.165) is 6.07 Å². The van der Waals surface area contributed by atoms with Crippen molar-refractivity contribution in [2.45, 2.75) is 12.8 Å². The van der Waals surface area contributed by atoms with Gasteiger partial charge in [0.05, 0.1) is 22.7 Å². The molecule has 1 aromatic carbocycles. The van der Waals surface area contributed by atoms with Gasteiger partial charge in [0.25, 0.3) is 5.69 Å². The lowest BCUT2D eigenvalue weighted by atomic mass is 9.85. The Morgan fingerprint density at radius 1 is 1.19 bits per heavy atom. The van der Waals surface area contributed by atoms with E-state index in [9.17, 15) is 29.6 Å². The molecule has 0 radical (unpaired) electrons. The summed E-state index contributed by atoms with van der Waals surface area (Å²) in [4.78, 5) is 47.1. The number of carboxylic acid groups (broad SMARTS) is 1. The average Bonchev–Trinajstić information content (AvgIpc) is 2.86. The second kappa shape index (κ2) is 6.95. The van der Waals surface area contributed by atoms with Crippen molar-refractivity contribution in [3.05, 3.63) is 46.0 Å². The van der Waals surface area contributed by atoms with E-state index in [4.69, 9.17) is 0 Å². The van der Waals surface area contributed by atoms with Crippen molar-refractivity contribution in [3.63, 3.8) is 0 Å². The lowest BCUT2D eigenvalue weighted by Crippen LogP contribution is -2.35. The van der Waals surface area contributed by atoms with Gasteiger partial charge in [-0.3, -0.25) is 24.6 Å². The fourth-order valence-corrected chi connectivity index (χ4v) is 3.35. The van der Waals surface area contributed by atoms with Crippen LogP contribution in [0, 0.1) is 22.0 Å². The number of nitro groups is 1. The Kier molecular flexibility index (Phi) is 4.70. The first-order chi connectivity index (χ1) is 12.4. The summed E-state index contributed by atoms with van der Waals surface area (Å²) in [6.07, 6.45) is 4.90. The van der Waals surface area contributed by atoms with E-state index in [1.807, 2.05) is 12.2 Å². The minimum Gasteiger partial charge on any atom is -0.545 e. The van der Waals surface area contributed by atoms with Crippen molar-refractivity contribution < 1.29 is 24.4 Å². The number of carbonyl (C=O) groups is 3. The van der Waals surface area contributed by atoms with Gasteiger partial charge in [0.15, 0.2) is 0 Å². The maximum atomic E-state index is 12.4. The highest BCUT2D eigenvalue weighted by atomic mass is 16.6. The van der Waals surface area contributed by atoms with E-state index in [0.29, 0.717) is 12.8 Å². The molecule has 1 aliphatic heterocycles. The Morgan fingerprint density at radius 3 is 2.35 bits per heavy atom. The molecule has 26 heavy (non-hydrogen) atoms. The standard InChI is InChI=1S/C17H17N3O6/c21-15-11-3-1-2-4-12(11)16(22)19(15)8-7-18-13-6-5-10(17(23)24)9-14(13)20(25)26/h1-2,5-6,9,11-12,18H,3-4,7-8H2,(H,23,24)/p-1/t11-,12-/m1/s1. The number of likely N-dealkylation sites (tertiary alicyclic amines) is 1. The molecule has 9 nitrogen and oxygen atoms in total. The minimum atomic E-state index is -1.51. The Hall–Kier alpha value is -3.23. The van der Waals surface area contributed by atoms with Gasteiger partial charge in [0, 0.05) is 24.7 Å². The van der Waals surface area contributed by atoms with Gasteiger partial charge in [-0.1, -0.05) is 18.2 Å². The second-order valence-electron chi connectivity index (χ2n) is 6.19. The van der Waals surface area contributed by atoms with Crippen molar-refractivity contribution in [2.75, 3.05) is 18.4 Å². The number of nitrogens with one attached hydrogen (secondary N) is 1. The third kappa shape index (κ3) is 3.15. The normalized spacial score (nSPS) is 21.6. The predicted molar refractivity (Wildman–Crippen MR) is 88.0 cm³/mol. The Morgan fingerprint density at radius 2 is 1.81 bits per heavy atom. The molecule has 0 saturated carbocycles. The van der Waals surface area contributed by atoms with Crippen molar-refractivity contribution in [2.24, 2.45) is 11.8 Å². The van der Waals surface area contributed by atoms with Gasteiger partial charge in [-0.15, -0.1) is 0 Å². The number of rotatable bonds is 6. The van der Waals surface area contributed by atoms with E-state index in [1.165, 1.54) is 17.0 Å². The molecule has 1 saturated heterocycles. The average molecular weight is 358 g/mol. The van der Waals surface area contributed by atoms with E-state index in [1.54, 1.807) is 0 Å². The van der Waals surface area contributed by atoms with Crippen LogP contribution in [0.15, 0.2) is 30.4 Å². The zero-order valence-corrected chi connectivity index (χ0v) is 13.7. The monoisotopic (exact) mass is 358 g/mol. The van der Waals surface area contributed by atoms with Crippen LogP contribution in [0.25, 0.3) is 0 Å². The molecule has 2 amide bonds. The molecule has 0 unspecified atom stereocenters. The summed E-state index contributed by atoms with van der Waals surface area (Å²) < 4.78 is 0. The van der Waals surface area contributed by atoms with Crippen molar-refractivity contribution in [1.82, 2.24) is 4.90 Å². The number of nitro benzene ring substituents is 1. The Bertz CT molecular complexity index is 793. The van der Waals surface area contributed by atoms with E-state index in [2.05, 4.69) is 5.32 Å². The van der Waals surface area contributed by atoms with Crippen LogP contribution in [-0.2, 0) is 9.59 Å². The van der Waals surface area contributed by atoms with Crippen LogP contribution in [0.3, 0.4) is 0 Å². The summed E-state index contributed by atoms with van der Waals surface area (Å²) in [6.45, 7) is 0.208. The molecule has 0 spiro atoms. The summed E-state index contributed by atoms with van der Waals surface area (Å²) in [5.74, 6) is -2.57. The summed E-state index contributed by atoms with van der Waals surface area (Å²) in [5.41, 5.74) is -0.606. The van der Waals surface area contributed by atoms with E-state index >= 15 is 0 Å². The van der Waals surface area contributed by atoms with Gasteiger partial charge in [-0.2, -0.15) is 0 Å². The summed E-state index contributed by atoms with van der Waals surface area (Å²) >= 11 is 0. The maximum Gasteiger partial charge on any atom is 0.292 e. The van der Waals surface area contributed by atoms with Crippen LogP contribution in [0.1, 0.15) is 23.2 Å². The van der Waals surface area contributed by atoms with Gasteiger partial charge >= 0.3 is 0 Å². The van der Waals surface area contributed by atoms with Crippen LogP contribution < -0.4 is 10.4 Å². The second-order valence-corrected chi connectivity index (χ2v) is 6.19. The van der Waals surface area contributed by atoms with Gasteiger partial charge in [0.2, 0.25) is 11.8 Å². The van der Waals surface area contributed by atoms with E-state index in [-0.39, 0.29) is 48.0 Å². The number of aromatic carboxylic acids is 1. The number of hydrogen-bond donors (Lipinski definition) is 1. The first-order valence-electron chi connectivity index (χ1n) is 8.14. The molecule has 1 N–H and O–H groups in total. The molecule has 1 aliphatic carbocycles. The number of benzene rings is 1. The molecule has 136 valence electrons. The largest absolute Gasteiger partial charge is 0.545 e. The zero-order valence-electron chi connectivity index (χ0n) is 13.7. The quantitative estimate of drug-likeness (QED) is 0.335. The molecule has 0 bridgehead atoms.